The number of aliphatic imine (C=N–C) groups is 1. The highest BCUT2D eigenvalue weighted by Crippen LogP contribution is 2.51. The van der Waals surface area contributed by atoms with Crippen LogP contribution in [0, 0.1) is 22.7 Å². The third kappa shape index (κ3) is 7.78. The molecule has 5 rings (SSSR count). The highest BCUT2D eigenvalue weighted by Gasteiger charge is 2.53. The van der Waals surface area contributed by atoms with Crippen LogP contribution in [0.5, 0.6) is 0 Å². The van der Waals surface area contributed by atoms with Crippen molar-refractivity contribution in [1.29, 1.82) is 0 Å². The zero-order valence-corrected chi connectivity index (χ0v) is 28.2. The molecule has 0 aromatic heterocycles. The Bertz CT molecular complexity index is 1380. The number of aliphatic carboxylic acids is 1. The summed E-state index contributed by atoms with van der Waals surface area (Å²) < 4.78 is 0. The molecule has 1 aliphatic heterocycles. The molecule has 2 N–H and O–H groups in total. The molecule has 1 aromatic carbocycles. The first-order valence-corrected chi connectivity index (χ1v) is 17.1. The average Bonchev–Trinajstić information content (AvgIpc) is 3.79. The Kier molecular flexibility index (Phi) is 9.49. The second kappa shape index (κ2) is 12.9. The van der Waals surface area contributed by atoms with E-state index in [0.717, 1.165) is 62.5 Å². The number of hydrogen-bond donors (Lipinski definition) is 2. The van der Waals surface area contributed by atoms with Gasteiger partial charge >= 0.3 is 5.97 Å². The van der Waals surface area contributed by atoms with Crippen LogP contribution in [0.4, 0.5) is 0 Å². The highest BCUT2D eigenvalue weighted by atomic mass is 16.4. The van der Waals surface area contributed by atoms with Crippen LogP contribution in [0.15, 0.2) is 52.6 Å². The fourth-order valence-electron chi connectivity index (χ4n) is 7.42. The molecule has 2 saturated carbocycles. The molecular formula is C38H53N3O4. The fourth-order valence-corrected chi connectivity index (χ4v) is 7.42. The first kappa shape index (κ1) is 33.2. The second-order valence-corrected chi connectivity index (χ2v) is 16.1. The summed E-state index contributed by atoms with van der Waals surface area (Å²) in [6, 6.07) is 7.39. The van der Waals surface area contributed by atoms with Gasteiger partial charge < -0.3 is 15.3 Å². The van der Waals surface area contributed by atoms with Gasteiger partial charge in [0, 0.05) is 12.1 Å². The molecule has 0 bridgehead atoms. The zero-order valence-electron chi connectivity index (χ0n) is 28.2. The first-order chi connectivity index (χ1) is 21.2. The van der Waals surface area contributed by atoms with Gasteiger partial charge in [-0.25, -0.2) is 0 Å². The number of hydrogen-bond acceptors (Lipinski definition) is 4. The van der Waals surface area contributed by atoms with Crippen molar-refractivity contribution < 1.29 is 19.5 Å². The normalized spacial score (nSPS) is 24.7. The van der Waals surface area contributed by atoms with E-state index in [0.29, 0.717) is 23.1 Å². The van der Waals surface area contributed by atoms with E-state index in [4.69, 9.17) is 10.1 Å². The maximum Gasteiger partial charge on any atom is 0.305 e. The van der Waals surface area contributed by atoms with Crippen LogP contribution in [0.1, 0.15) is 134 Å². The van der Waals surface area contributed by atoms with E-state index in [1.54, 1.807) is 12.1 Å². The molecule has 1 heterocycles. The van der Waals surface area contributed by atoms with Gasteiger partial charge in [-0.1, -0.05) is 65.8 Å². The number of carbonyl (C=O) groups excluding carboxylic acids is 2. The highest BCUT2D eigenvalue weighted by molar-refractivity contribution is 6.47. The smallest absolute Gasteiger partial charge is 0.305 e. The predicted molar refractivity (Wildman–Crippen MR) is 179 cm³/mol. The van der Waals surface area contributed by atoms with E-state index in [-0.39, 0.29) is 41.7 Å². The van der Waals surface area contributed by atoms with Gasteiger partial charge in [-0.3, -0.25) is 19.4 Å². The number of benzene rings is 1. The Morgan fingerprint density at radius 2 is 1.71 bits per heavy atom. The zero-order chi connectivity index (χ0) is 32.6. The summed E-state index contributed by atoms with van der Waals surface area (Å²) in [6.07, 6.45) is 14.3. The van der Waals surface area contributed by atoms with Crippen LogP contribution < -0.4 is 5.32 Å². The van der Waals surface area contributed by atoms with Crippen LogP contribution in [0.25, 0.3) is 0 Å². The van der Waals surface area contributed by atoms with Crippen molar-refractivity contribution in [2.75, 3.05) is 6.54 Å². The van der Waals surface area contributed by atoms with Crippen molar-refractivity contribution in [2.45, 2.75) is 124 Å². The molecule has 7 nitrogen and oxygen atoms in total. The molecule has 0 radical (unpaired) electrons. The number of allylic oxidation sites excluding steroid dienone is 3. The predicted octanol–water partition coefficient (Wildman–Crippen LogP) is 8.03. The van der Waals surface area contributed by atoms with Crippen molar-refractivity contribution in [3.8, 4) is 0 Å². The van der Waals surface area contributed by atoms with Crippen LogP contribution in [-0.4, -0.2) is 45.7 Å². The van der Waals surface area contributed by atoms with E-state index in [1.807, 2.05) is 12.1 Å². The number of carboxylic acids is 1. The summed E-state index contributed by atoms with van der Waals surface area (Å²) in [4.78, 5) is 46.0. The van der Waals surface area contributed by atoms with Gasteiger partial charge in [0.1, 0.15) is 11.4 Å². The minimum atomic E-state index is -0.946. The molecule has 2 amide bonds. The quantitative estimate of drug-likeness (QED) is 0.278. The van der Waals surface area contributed by atoms with E-state index in [9.17, 15) is 14.4 Å². The van der Waals surface area contributed by atoms with Crippen molar-refractivity contribution in [2.24, 2.45) is 27.7 Å². The number of amides is 2. The molecule has 45 heavy (non-hydrogen) atoms. The summed E-state index contributed by atoms with van der Waals surface area (Å²) >= 11 is 0. The molecule has 0 saturated heterocycles. The van der Waals surface area contributed by atoms with Crippen molar-refractivity contribution >= 4 is 23.5 Å². The van der Waals surface area contributed by atoms with Crippen molar-refractivity contribution in [3.63, 3.8) is 0 Å². The molecule has 1 aromatic rings. The van der Waals surface area contributed by atoms with Crippen molar-refractivity contribution in [3.05, 3.63) is 58.7 Å². The summed E-state index contributed by atoms with van der Waals surface area (Å²) in [7, 11) is 0. The van der Waals surface area contributed by atoms with E-state index >= 15 is 0 Å². The third-order valence-electron chi connectivity index (χ3n) is 10.3. The van der Waals surface area contributed by atoms with E-state index in [1.165, 1.54) is 18.4 Å². The van der Waals surface area contributed by atoms with Gasteiger partial charge in [-0.2, -0.15) is 0 Å². The maximum atomic E-state index is 14.8. The van der Waals surface area contributed by atoms with Gasteiger partial charge in [0.2, 0.25) is 0 Å². The molecule has 3 aliphatic carbocycles. The van der Waals surface area contributed by atoms with Crippen molar-refractivity contribution in [1.82, 2.24) is 10.2 Å². The van der Waals surface area contributed by atoms with Crippen LogP contribution >= 0.6 is 0 Å². The standard InChI is InChI=1S/C38H53N3O4/c1-36(2,3)20-18-31(26-12-14-27(15-13-26)34(44)39-23-19-32(42)43)41-35(45)33(29-9-7-8-28(24-29)25-10-11-25)40-38(41)21-16-30(17-22-38)37(4,5)6/h8,12-15,24-25,30-31H,7,9-11,16-23H2,1-6H3,(H,39,44)(H,42,43). The minimum Gasteiger partial charge on any atom is -0.481 e. The summed E-state index contributed by atoms with van der Waals surface area (Å²) in [5, 5.41) is 11.6. The number of rotatable bonds is 10. The Hall–Kier alpha value is -3.22. The van der Waals surface area contributed by atoms with Crippen LogP contribution in [0.2, 0.25) is 0 Å². The molecule has 1 spiro atoms. The van der Waals surface area contributed by atoms with Crippen LogP contribution in [-0.2, 0) is 9.59 Å². The fraction of sp³-hybridized carbons (Fsp3) is 0.632. The number of nitrogens with zero attached hydrogens (tertiary/aromatic N) is 2. The molecule has 2 fully saturated rings. The average molecular weight is 616 g/mol. The summed E-state index contributed by atoms with van der Waals surface area (Å²) in [5.41, 5.74) is 4.39. The lowest BCUT2D eigenvalue weighted by atomic mass is 9.69. The lowest BCUT2D eigenvalue weighted by molar-refractivity contribution is -0.137. The van der Waals surface area contributed by atoms with E-state index in [2.05, 4.69) is 63.9 Å². The number of nitrogens with one attached hydrogen (secondary N) is 1. The van der Waals surface area contributed by atoms with Crippen LogP contribution in [0.3, 0.4) is 0 Å². The molecule has 7 heteroatoms. The van der Waals surface area contributed by atoms with Gasteiger partial charge in [0.05, 0.1) is 12.5 Å². The Morgan fingerprint density at radius 1 is 1.04 bits per heavy atom. The Labute approximate surface area is 269 Å². The number of carbonyl (C=O) groups is 3. The lowest BCUT2D eigenvalue weighted by Gasteiger charge is -2.47. The monoisotopic (exact) mass is 615 g/mol. The van der Waals surface area contributed by atoms with Gasteiger partial charge in [-0.05, 0) is 116 Å². The Morgan fingerprint density at radius 3 is 2.29 bits per heavy atom. The topological polar surface area (TPSA) is 99.1 Å². The summed E-state index contributed by atoms with van der Waals surface area (Å²) in [6.45, 7) is 13.8. The summed E-state index contributed by atoms with van der Waals surface area (Å²) in [5.74, 6) is 0.0478. The molecule has 244 valence electrons. The molecule has 1 atom stereocenters. The van der Waals surface area contributed by atoms with E-state index < -0.39 is 11.6 Å². The third-order valence-corrected chi connectivity index (χ3v) is 10.3. The minimum absolute atomic E-state index is 0.0573. The maximum absolute atomic E-state index is 14.8. The second-order valence-electron chi connectivity index (χ2n) is 16.1. The van der Waals surface area contributed by atoms with Gasteiger partial charge in [0.15, 0.2) is 0 Å². The SMILES string of the molecule is CC(C)(C)CCC(c1ccc(C(=O)NCCC(=O)O)cc1)N1C(=O)C(C2=CC(C3CC3)=CCC2)=NC12CCC(C(C)(C)C)CC2. The molecule has 4 aliphatic rings. The van der Waals surface area contributed by atoms with Gasteiger partial charge in [0.25, 0.3) is 11.8 Å². The number of carboxylic acid groups (broad SMARTS) is 1. The lowest BCUT2D eigenvalue weighted by Crippen LogP contribution is -2.51. The Balaban J connectivity index is 1.49. The molecule has 1 unspecified atom stereocenters. The van der Waals surface area contributed by atoms with Gasteiger partial charge in [-0.15, -0.1) is 0 Å². The molecular weight excluding hydrogens is 562 g/mol. The first-order valence-electron chi connectivity index (χ1n) is 17.1. The largest absolute Gasteiger partial charge is 0.481 e.